The minimum atomic E-state index is 0. The van der Waals surface area contributed by atoms with Gasteiger partial charge in [-0.1, -0.05) is 0 Å². The molecule has 1 heterocycles. The molecule has 1 unspecified atom stereocenters. The van der Waals surface area contributed by atoms with Crippen LogP contribution in [0.1, 0.15) is 25.7 Å². The first kappa shape index (κ1) is 15.6. The van der Waals surface area contributed by atoms with Crippen LogP contribution in [0.15, 0.2) is 0 Å². The Labute approximate surface area is 101 Å². The summed E-state index contributed by atoms with van der Waals surface area (Å²) in [4.78, 5) is 0. The van der Waals surface area contributed by atoms with Gasteiger partial charge in [0.2, 0.25) is 0 Å². The maximum atomic E-state index is 5.35. The van der Waals surface area contributed by atoms with Crippen LogP contribution in [-0.2, 0) is 9.47 Å². The maximum Gasteiger partial charge on any atom is 2.00 e. The summed E-state index contributed by atoms with van der Waals surface area (Å²) in [6.45, 7) is 5.28. The van der Waals surface area contributed by atoms with Gasteiger partial charge in [-0.05, 0) is 19.3 Å². The van der Waals surface area contributed by atoms with Crippen LogP contribution < -0.4 is 17.0 Å². The number of hydrogen-bond donors (Lipinski definition) is 0. The van der Waals surface area contributed by atoms with E-state index in [0.717, 1.165) is 26.1 Å². The molecule has 1 saturated heterocycles. The molecular formula is C8H15BrMgO2. The molecule has 0 aromatic rings. The maximum absolute atomic E-state index is 5.35. The fourth-order valence-corrected chi connectivity index (χ4v) is 1.06. The van der Waals surface area contributed by atoms with Gasteiger partial charge < -0.3 is 33.4 Å². The third kappa shape index (κ3) is 6.66. The van der Waals surface area contributed by atoms with Crippen LogP contribution in [0.3, 0.4) is 0 Å². The predicted molar refractivity (Wildman–Crippen MR) is 45.3 cm³/mol. The van der Waals surface area contributed by atoms with Gasteiger partial charge in [0.05, 0.1) is 0 Å². The minimum absolute atomic E-state index is 0. The van der Waals surface area contributed by atoms with E-state index in [1.165, 1.54) is 12.8 Å². The molecule has 0 spiro atoms. The van der Waals surface area contributed by atoms with Crippen LogP contribution in [0.25, 0.3) is 0 Å². The number of ether oxygens (including phenoxy) is 2. The van der Waals surface area contributed by atoms with E-state index < -0.39 is 0 Å². The molecular weight excluding hydrogens is 232 g/mol. The Kier molecular flexibility index (Phi) is 13.3. The van der Waals surface area contributed by atoms with Crippen molar-refractivity contribution in [1.82, 2.24) is 0 Å². The second-order valence-electron chi connectivity index (χ2n) is 2.52. The molecule has 1 aliphatic rings. The SMILES string of the molecule is [Br-].[CH2-]CCOC1CCCCO1.[Mg+2]. The normalized spacial score (nSPS) is 22.2. The van der Waals surface area contributed by atoms with Crippen molar-refractivity contribution in [3.05, 3.63) is 6.92 Å². The fourth-order valence-electron chi connectivity index (χ4n) is 1.06. The fraction of sp³-hybridized carbons (Fsp3) is 0.875. The summed E-state index contributed by atoms with van der Waals surface area (Å²) < 4.78 is 10.7. The monoisotopic (exact) mass is 246 g/mol. The first-order chi connectivity index (χ1) is 4.93. The molecule has 1 rings (SSSR count). The summed E-state index contributed by atoms with van der Waals surface area (Å²) in [5.41, 5.74) is 0. The zero-order chi connectivity index (χ0) is 7.23. The molecule has 1 atom stereocenters. The van der Waals surface area contributed by atoms with Crippen molar-refractivity contribution in [1.29, 1.82) is 0 Å². The van der Waals surface area contributed by atoms with E-state index in [1.807, 2.05) is 0 Å². The summed E-state index contributed by atoms with van der Waals surface area (Å²) in [5.74, 6) is 0. The van der Waals surface area contributed by atoms with Gasteiger partial charge in [0.1, 0.15) is 0 Å². The molecule has 1 fully saturated rings. The summed E-state index contributed by atoms with van der Waals surface area (Å²) in [7, 11) is 0. The van der Waals surface area contributed by atoms with Gasteiger partial charge in [-0.15, -0.1) is 0 Å². The topological polar surface area (TPSA) is 18.5 Å². The van der Waals surface area contributed by atoms with Crippen molar-refractivity contribution in [3.63, 3.8) is 0 Å². The van der Waals surface area contributed by atoms with E-state index in [9.17, 15) is 0 Å². The average Bonchev–Trinajstić information content (AvgIpc) is 2.03. The standard InChI is InChI=1S/C8H15O2.BrH.Mg/c1-2-6-9-8-5-3-4-7-10-8;;/h8H,1-7H2;1H;/q-1;;+2/p-1. The molecule has 0 N–H and O–H groups in total. The number of rotatable bonds is 3. The second kappa shape index (κ2) is 10.2. The summed E-state index contributed by atoms with van der Waals surface area (Å²) in [6, 6.07) is 0. The van der Waals surface area contributed by atoms with E-state index in [1.54, 1.807) is 0 Å². The molecule has 0 aliphatic carbocycles. The summed E-state index contributed by atoms with van der Waals surface area (Å²) >= 11 is 0. The van der Waals surface area contributed by atoms with Gasteiger partial charge in [-0.25, -0.2) is 0 Å². The van der Waals surface area contributed by atoms with Crippen LogP contribution in [0, 0.1) is 6.92 Å². The van der Waals surface area contributed by atoms with E-state index in [2.05, 4.69) is 6.92 Å². The first-order valence-electron chi connectivity index (χ1n) is 3.96. The second-order valence-corrected chi connectivity index (χ2v) is 2.52. The largest absolute Gasteiger partial charge is 2.00 e. The van der Waals surface area contributed by atoms with Gasteiger partial charge in [-0.2, -0.15) is 6.42 Å². The molecule has 0 amide bonds. The molecule has 0 aromatic carbocycles. The van der Waals surface area contributed by atoms with Crippen LogP contribution in [0.2, 0.25) is 0 Å². The van der Waals surface area contributed by atoms with E-state index in [4.69, 9.17) is 9.47 Å². The summed E-state index contributed by atoms with van der Waals surface area (Å²) in [6.07, 6.45) is 4.38. The molecule has 0 aromatic heterocycles. The first-order valence-corrected chi connectivity index (χ1v) is 3.96. The average molecular weight is 247 g/mol. The Morgan fingerprint density at radius 2 is 2.17 bits per heavy atom. The predicted octanol–water partition coefficient (Wildman–Crippen LogP) is -1.62. The third-order valence-electron chi connectivity index (χ3n) is 1.59. The zero-order valence-corrected chi connectivity index (χ0v) is 10.4. The molecule has 12 heavy (non-hydrogen) atoms. The van der Waals surface area contributed by atoms with Gasteiger partial charge in [0, 0.05) is 13.2 Å². The van der Waals surface area contributed by atoms with E-state index in [0.29, 0.717) is 0 Å². The molecule has 0 radical (unpaired) electrons. The molecule has 2 nitrogen and oxygen atoms in total. The van der Waals surface area contributed by atoms with Crippen molar-refractivity contribution in [2.24, 2.45) is 0 Å². The zero-order valence-electron chi connectivity index (χ0n) is 7.43. The molecule has 0 saturated carbocycles. The van der Waals surface area contributed by atoms with Gasteiger partial charge in [0.25, 0.3) is 0 Å². The van der Waals surface area contributed by atoms with Crippen molar-refractivity contribution < 1.29 is 26.5 Å². The van der Waals surface area contributed by atoms with Crippen LogP contribution in [0.5, 0.6) is 0 Å². The Hall–Kier alpha value is 1.17. The van der Waals surface area contributed by atoms with Gasteiger partial charge >= 0.3 is 23.1 Å². The molecule has 68 valence electrons. The molecule has 4 heteroatoms. The van der Waals surface area contributed by atoms with Crippen LogP contribution in [-0.4, -0.2) is 42.6 Å². The van der Waals surface area contributed by atoms with Gasteiger partial charge in [-0.3, -0.25) is 0 Å². The Morgan fingerprint density at radius 1 is 1.42 bits per heavy atom. The van der Waals surface area contributed by atoms with Crippen molar-refractivity contribution in [3.8, 4) is 0 Å². The Morgan fingerprint density at radius 3 is 2.67 bits per heavy atom. The third-order valence-corrected chi connectivity index (χ3v) is 1.59. The number of hydrogen-bond acceptors (Lipinski definition) is 2. The molecule has 0 bridgehead atoms. The summed E-state index contributed by atoms with van der Waals surface area (Å²) in [5, 5.41) is 0. The van der Waals surface area contributed by atoms with E-state index in [-0.39, 0.29) is 46.3 Å². The molecule has 1 aliphatic heterocycles. The van der Waals surface area contributed by atoms with Crippen LogP contribution in [0.4, 0.5) is 0 Å². The Bertz CT molecular complexity index is 87.1. The number of halogens is 1. The van der Waals surface area contributed by atoms with Gasteiger partial charge in [0.15, 0.2) is 6.29 Å². The Balaban J connectivity index is 0. The van der Waals surface area contributed by atoms with Crippen molar-refractivity contribution in [2.75, 3.05) is 13.2 Å². The minimum Gasteiger partial charge on any atom is -1.00 e. The smallest absolute Gasteiger partial charge is 1.00 e. The quantitative estimate of drug-likeness (QED) is 0.441. The van der Waals surface area contributed by atoms with Crippen molar-refractivity contribution >= 4 is 23.1 Å². The van der Waals surface area contributed by atoms with Crippen molar-refractivity contribution in [2.45, 2.75) is 32.0 Å². The van der Waals surface area contributed by atoms with E-state index >= 15 is 0 Å². The van der Waals surface area contributed by atoms with Crippen LogP contribution >= 0.6 is 0 Å².